The van der Waals surface area contributed by atoms with Gasteiger partial charge in [0, 0.05) is 32.1 Å². The van der Waals surface area contributed by atoms with Gasteiger partial charge in [0.1, 0.15) is 5.52 Å². The molecule has 1 saturated heterocycles. The Bertz CT molecular complexity index is 779. The molecule has 0 saturated carbocycles. The first-order valence-electron chi connectivity index (χ1n) is 8.89. The van der Waals surface area contributed by atoms with Crippen LogP contribution in [0.3, 0.4) is 0 Å². The third kappa shape index (κ3) is 3.72. The van der Waals surface area contributed by atoms with E-state index in [2.05, 4.69) is 27.9 Å². The fraction of sp³-hybridized carbons (Fsp3) is 0.400. The van der Waals surface area contributed by atoms with Crippen LogP contribution < -0.4 is 0 Å². The van der Waals surface area contributed by atoms with Crippen LogP contribution in [0.5, 0.6) is 0 Å². The number of pyridine rings is 1. The lowest BCUT2D eigenvalue weighted by Gasteiger charge is -2.29. The van der Waals surface area contributed by atoms with E-state index in [4.69, 9.17) is 9.15 Å². The smallest absolute Gasteiger partial charge is 0.212 e. The summed E-state index contributed by atoms with van der Waals surface area (Å²) in [7, 11) is 0. The van der Waals surface area contributed by atoms with Gasteiger partial charge < -0.3 is 9.15 Å². The minimum Gasteiger partial charge on any atom is -0.439 e. The summed E-state index contributed by atoms with van der Waals surface area (Å²) in [5.74, 6) is 0.753. The first-order chi connectivity index (χ1) is 12.3. The molecule has 5 heteroatoms. The van der Waals surface area contributed by atoms with Crippen molar-refractivity contribution in [2.75, 3.05) is 13.2 Å². The van der Waals surface area contributed by atoms with Crippen LogP contribution in [0, 0.1) is 0 Å². The monoisotopic (exact) mass is 337 g/mol. The van der Waals surface area contributed by atoms with Gasteiger partial charge in [0.2, 0.25) is 5.89 Å². The summed E-state index contributed by atoms with van der Waals surface area (Å²) < 4.78 is 11.9. The zero-order valence-electron chi connectivity index (χ0n) is 14.5. The molecule has 5 nitrogen and oxygen atoms in total. The molecule has 3 aromatic rings. The second-order valence-electron chi connectivity index (χ2n) is 6.62. The van der Waals surface area contributed by atoms with Crippen molar-refractivity contribution in [3.63, 3.8) is 0 Å². The van der Waals surface area contributed by atoms with Crippen LogP contribution in [-0.2, 0) is 11.3 Å². The van der Waals surface area contributed by atoms with Gasteiger partial charge in [-0.15, -0.1) is 0 Å². The number of nitrogens with zero attached hydrogens (tertiary/aromatic N) is 3. The van der Waals surface area contributed by atoms with Crippen molar-refractivity contribution >= 4 is 11.1 Å². The SMILES string of the molecule is CC(c1nc2ccccc2o1)N(Cc1cccnc1)CC1CCCO1. The van der Waals surface area contributed by atoms with E-state index in [1.807, 2.05) is 36.5 Å². The number of oxazole rings is 1. The van der Waals surface area contributed by atoms with E-state index in [1.54, 1.807) is 6.20 Å². The van der Waals surface area contributed by atoms with Crippen molar-refractivity contribution in [1.29, 1.82) is 0 Å². The van der Waals surface area contributed by atoms with Gasteiger partial charge in [-0.1, -0.05) is 18.2 Å². The highest BCUT2D eigenvalue weighted by Gasteiger charge is 2.26. The molecule has 1 aliphatic rings. The lowest BCUT2D eigenvalue weighted by Crippen LogP contribution is -2.34. The molecule has 2 unspecified atom stereocenters. The van der Waals surface area contributed by atoms with Gasteiger partial charge in [0.25, 0.3) is 0 Å². The van der Waals surface area contributed by atoms with E-state index in [9.17, 15) is 0 Å². The molecule has 2 aromatic heterocycles. The highest BCUT2D eigenvalue weighted by molar-refractivity contribution is 5.72. The molecular formula is C20H23N3O2. The zero-order valence-corrected chi connectivity index (χ0v) is 14.5. The van der Waals surface area contributed by atoms with E-state index < -0.39 is 0 Å². The van der Waals surface area contributed by atoms with Crippen molar-refractivity contribution in [3.05, 3.63) is 60.2 Å². The largest absolute Gasteiger partial charge is 0.439 e. The van der Waals surface area contributed by atoms with Crippen molar-refractivity contribution in [2.24, 2.45) is 0 Å². The van der Waals surface area contributed by atoms with Crippen molar-refractivity contribution in [1.82, 2.24) is 14.9 Å². The lowest BCUT2D eigenvalue weighted by atomic mass is 10.1. The quantitative estimate of drug-likeness (QED) is 0.681. The number of ether oxygens (including phenoxy) is 1. The number of hydrogen-bond donors (Lipinski definition) is 0. The normalized spacial score (nSPS) is 18.9. The molecule has 4 rings (SSSR count). The van der Waals surface area contributed by atoms with Crippen LogP contribution in [0.15, 0.2) is 53.2 Å². The second-order valence-corrected chi connectivity index (χ2v) is 6.62. The van der Waals surface area contributed by atoms with E-state index in [0.717, 1.165) is 49.5 Å². The van der Waals surface area contributed by atoms with Gasteiger partial charge in [-0.3, -0.25) is 9.88 Å². The highest BCUT2D eigenvalue weighted by atomic mass is 16.5. The minimum absolute atomic E-state index is 0.0665. The molecular weight excluding hydrogens is 314 g/mol. The first kappa shape index (κ1) is 16.2. The van der Waals surface area contributed by atoms with Crippen LogP contribution in [0.1, 0.15) is 37.3 Å². The van der Waals surface area contributed by atoms with Gasteiger partial charge in [-0.25, -0.2) is 4.98 Å². The summed E-state index contributed by atoms with van der Waals surface area (Å²) >= 11 is 0. The summed E-state index contributed by atoms with van der Waals surface area (Å²) in [5, 5.41) is 0. The molecule has 1 aromatic carbocycles. The predicted octanol–water partition coefficient (Wildman–Crippen LogP) is 3.97. The predicted molar refractivity (Wildman–Crippen MR) is 96.0 cm³/mol. The van der Waals surface area contributed by atoms with Gasteiger partial charge in [0.15, 0.2) is 5.58 Å². The molecule has 0 amide bonds. The molecule has 0 bridgehead atoms. The van der Waals surface area contributed by atoms with Gasteiger partial charge in [-0.05, 0) is 43.5 Å². The van der Waals surface area contributed by atoms with Crippen LogP contribution in [0.2, 0.25) is 0 Å². The molecule has 0 spiro atoms. The third-order valence-electron chi connectivity index (χ3n) is 4.79. The topological polar surface area (TPSA) is 51.4 Å². The van der Waals surface area contributed by atoms with E-state index in [-0.39, 0.29) is 12.1 Å². The average Bonchev–Trinajstić information content (AvgIpc) is 3.30. The average molecular weight is 337 g/mol. The molecule has 1 aliphatic heterocycles. The van der Waals surface area contributed by atoms with Crippen molar-refractivity contribution in [3.8, 4) is 0 Å². The Kier molecular flexibility index (Phi) is 4.76. The Balaban J connectivity index is 1.58. The highest BCUT2D eigenvalue weighted by Crippen LogP contribution is 2.27. The Labute approximate surface area is 147 Å². The summed E-state index contributed by atoms with van der Waals surface area (Å²) in [6.07, 6.45) is 6.26. The lowest BCUT2D eigenvalue weighted by molar-refractivity contribution is 0.0512. The second kappa shape index (κ2) is 7.33. The summed E-state index contributed by atoms with van der Waals surface area (Å²) in [6, 6.07) is 12.1. The standard InChI is InChI=1S/C20H23N3O2/c1-15(20-22-18-8-2-3-9-19(18)25-20)23(14-17-7-5-11-24-17)13-16-6-4-10-21-12-16/h2-4,6,8-10,12,15,17H,5,7,11,13-14H2,1H3. The summed E-state index contributed by atoms with van der Waals surface area (Å²) in [4.78, 5) is 11.3. The zero-order chi connectivity index (χ0) is 17.1. The number of para-hydroxylation sites is 2. The maximum Gasteiger partial charge on any atom is 0.212 e. The van der Waals surface area contributed by atoms with Crippen LogP contribution in [0.4, 0.5) is 0 Å². The Morgan fingerprint density at radius 1 is 1.24 bits per heavy atom. The fourth-order valence-corrected chi connectivity index (χ4v) is 3.36. The molecule has 0 N–H and O–H groups in total. The first-order valence-corrected chi connectivity index (χ1v) is 8.89. The Hall–Kier alpha value is -2.24. The number of rotatable bonds is 6. The number of hydrogen-bond acceptors (Lipinski definition) is 5. The molecule has 0 radical (unpaired) electrons. The van der Waals surface area contributed by atoms with Gasteiger partial charge in [-0.2, -0.15) is 0 Å². The van der Waals surface area contributed by atoms with Crippen molar-refractivity contribution < 1.29 is 9.15 Å². The maximum atomic E-state index is 6.00. The number of fused-ring (bicyclic) bond motifs is 1. The van der Waals surface area contributed by atoms with E-state index in [0.29, 0.717) is 0 Å². The fourth-order valence-electron chi connectivity index (χ4n) is 3.36. The van der Waals surface area contributed by atoms with Gasteiger partial charge >= 0.3 is 0 Å². The molecule has 1 fully saturated rings. The molecule has 25 heavy (non-hydrogen) atoms. The maximum absolute atomic E-state index is 6.00. The van der Waals surface area contributed by atoms with Crippen LogP contribution >= 0.6 is 0 Å². The molecule has 130 valence electrons. The summed E-state index contributed by atoms with van der Waals surface area (Å²) in [5.41, 5.74) is 2.93. The van der Waals surface area contributed by atoms with E-state index >= 15 is 0 Å². The summed E-state index contributed by atoms with van der Waals surface area (Å²) in [6.45, 7) is 4.68. The van der Waals surface area contributed by atoms with Crippen molar-refractivity contribution in [2.45, 2.75) is 38.5 Å². The van der Waals surface area contributed by atoms with E-state index in [1.165, 1.54) is 5.56 Å². The molecule has 3 heterocycles. The van der Waals surface area contributed by atoms with Crippen LogP contribution in [0.25, 0.3) is 11.1 Å². The molecule has 2 atom stereocenters. The molecule has 0 aliphatic carbocycles. The van der Waals surface area contributed by atoms with Gasteiger partial charge in [0.05, 0.1) is 12.1 Å². The Morgan fingerprint density at radius 2 is 2.16 bits per heavy atom. The number of benzene rings is 1. The minimum atomic E-state index is 0.0665. The Morgan fingerprint density at radius 3 is 2.92 bits per heavy atom. The van der Waals surface area contributed by atoms with Crippen LogP contribution in [-0.4, -0.2) is 34.1 Å². The third-order valence-corrected chi connectivity index (χ3v) is 4.79. The number of aromatic nitrogens is 2.